The number of nitrogens with zero attached hydrogens (tertiary/aromatic N) is 4. The number of halogens is 1. The molecule has 0 spiro atoms. The average molecular weight is 564 g/mol. The van der Waals surface area contributed by atoms with Gasteiger partial charge in [-0.05, 0) is 79.1 Å². The largest absolute Gasteiger partial charge is 0.508 e. The molecule has 3 aromatic carbocycles. The predicted octanol–water partition coefficient (Wildman–Crippen LogP) is 5.03. The smallest absolute Gasteiger partial charge is 0.319 e. The van der Waals surface area contributed by atoms with Crippen molar-refractivity contribution in [2.24, 2.45) is 0 Å². The van der Waals surface area contributed by atoms with Crippen molar-refractivity contribution in [2.75, 3.05) is 37.7 Å². The van der Waals surface area contributed by atoms with E-state index < -0.39 is 6.17 Å². The van der Waals surface area contributed by atoms with E-state index >= 15 is 0 Å². The zero-order valence-electron chi connectivity index (χ0n) is 23.5. The van der Waals surface area contributed by atoms with Crippen LogP contribution in [0.1, 0.15) is 37.7 Å². The Morgan fingerprint density at radius 2 is 1.95 bits per heavy atom. The number of aromatic hydroxyl groups is 1. The van der Waals surface area contributed by atoms with E-state index in [1.807, 2.05) is 24.3 Å². The van der Waals surface area contributed by atoms with Crippen LogP contribution < -0.4 is 15.0 Å². The molecule has 0 amide bonds. The Balaban J connectivity index is 1.23. The van der Waals surface area contributed by atoms with Crippen molar-refractivity contribution in [3.05, 3.63) is 54.1 Å². The molecule has 8 rings (SSSR count). The van der Waals surface area contributed by atoms with Gasteiger partial charge in [-0.2, -0.15) is 9.97 Å². The van der Waals surface area contributed by atoms with Crippen LogP contribution in [0.15, 0.2) is 48.5 Å². The fraction of sp³-hybridized carbons (Fsp3) is 0.412. The van der Waals surface area contributed by atoms with Crippen molar-refractivity contribution in [3.63, 3.8) is 0 Å². The molecule has 5 heterocycles. The maximum atomic E-state index is 14.4. The van der Waals surface area contributed by atoms with Gasteiger partial charge in [0, 0.05) is 54.5 Å². The second-order valence-electron chi connectivity index (χ2n) is 12.5. The molecule has 2 unspecified atom stereocenters. The molecule has 42 heavy (non-hydrogen) atoms. The lowest BCUT2D eigenvalue weighted by molar-refractivity contribution is 0.107. The van der Waals surface area contributed by atoms with Crippen LogP contribution in [-0.2, 0) is 0 Å². The third kappa shape index (κ3) is 4.26. The zero-order chi connectivity index (χ0) is 28.4. The summed E-state index contributed by atoms with van der Waals surface area (Å²) in [5.41, 5.74) is 3.01. The van der Waals surface area contributed by atoms with Crippen LogP contribution in [0, 0.1) is 12.3 Å². The Morgan fingerprint density at radius 3 is 2.79 bits per heavy atom. The topological polar surface area (TPSA) is 73.8 Å². The minimum atomic E-state index is -0.814. The Hall–Kier alpha value is -3.93. The first-order valence-electron chi connectivity index (χ1n) is 15.1. The first kappa shape index (κ1) is 25.8. The number of benzene rings is 3. The standard InChI is InChI=1S/C34H34FN5O2/c1-2-21-5-3-6-23-13-27(41)15-29(31(21)23)22-7-10-28-30(14-22)37-33(38-32(28)39-18-25-8-9-26(19-39)36-25)42-20-34-11-4-12-40(34)17-24(35)16-34/h1,3,5-7,10,13-15,24-26,36,41H,4,8-9,11-12,16-20H2/t24-,25?,26?,34+/m1/s1. The van der Waals surface area contributed by atoms with E-state index in [0.717, 1.165) is 76.7 Å². The van der Waals surface area contributed by atoms with Gasteiger partial charge in [0.05, 0.1) is 11.1 Å². The van der Waals surface area contributed by atoms with Gasteiger partial charge >= 0.3 is 6.01 Å². The minimum absolute atomic E-state index is 0.179. The number of ether oxygens (including phenoxy) is 1. The number of terminal acetylenes is 1. The summed E-state index contributed by atoms with van der Waals surface area (Å²) in [5, 5.41) is 17.1. The molecule has 0 aliphatic carbocycles. The Morgan fingerprint density at radius 1 is 1.10 bits per heavy atom. The molecule has 4 atom stereocenters. The molecule has 2 bridgehead atoms. The summed E-state index contributed by atoms with van der Waals surface area (Å²) in [6.45, 7) is 3.55. The molecule has 4 saturated heterocycles. The van der Waals surface area contributed by atoms with Gasteiger partial charge in [-0.15, -0.1) is 6.42 Å². The van der Waals surface area contributed by atoms with E-state index in [4.69, 9.17) is 21.1 Å². The van der Waals surface area contributed by atoms with E-state index in [1.165, 1.54) is 12.8 Å². The minimum Gasteiger partial charge on any atom is -0.508 e. The molecule has 7 nitrogen and oxygen atoms in total. The lowest BCUT2D eigenvalue weighted by Gasteiger charge is -2.34. The highest BCUT2D eigenvalue weighted by Gasteiger charge is 2.49. The van der Waals surface area contributed by atoms with Gasteiger partial charge in [-0.1, -0.05) is 24.1 Å². The van der Waals surface area contributed by atoms with Gasteiger partial charge < -0.3 is 20.1 Å². The molecule has 4 aliphatic heterocycles. The molecule has 0 radical (unpaired) electrons. The maximum absolute atomic E-state index is 14.4. The number of hydrogen-bond donors (Lipinski definition) is 2. The third-order valence-electron chi connectivity index (χ3n) is 9.83. The van der Waals surface area contributed by atoms with E-state index in [9.17, 15) is 9.50 Å². The van der Waals surface area contributed by atoms with Gasteiger partial charge in [0.1, 0.15) is 24.3 Å². The van der Waals surface area contributed by atoms with Crippen LogP contribution in [0.25, 0.3) is 32.8 Å². The molecule has 4 aromatic rings. The maximum Gasteiger partial charge on any atom is 0.319 e. The summed E-state index contributed by atoms with van der Waals surface area (Å²) >= 11 is 0. The highest BCUT2D eigenvalue weighted by Crippen LogP contribution is 2.41. The highest BCUT2D eigenvalue weighted by molar-refractivity contribution is 6.03. The first-order chi connectivity index (χ1) is 20.5. The normalized spacial score (nSPS) is 27.0. The number of piperazine rings is 1. The summed E-state index contributed by atoms with van der Waals surface area (Å²) < 4.78 is 20.8. The van der Waals surface area contributed by atoms with Crippen molar-refractivity contribution in [1.29, 1.82) is 0 Å². The van der Waals surface area contributed by atoms with Crippen LogP contribution in [0.2, 0.25) is 0 Å². The van der Waals surface area contributed by atoms with Crippen molar-refractivity contribution in [1.82, 2.24) is 20.2 Å². The second kappa shape index (κ2) is 9.82. The third-order valence-corrected chi connectivity index (χ3v) is 9.83. The zero-order valence-corrected chi connectivity index (χ0v) is 23.5. The Bertz CT molecular complexity index is 1740. The number of phenolic OH excluding ortho intramolecular Hbond substituents is 1. The number of fused-ring (bicyclic) bond motifs is 5. The molecular weight excluding hydrogens is 529 g/mol. The second-order valence-corrected chi connectivity index (χ2v) is 12.5. The van der Waals surface area contributed by atoms with Gasteiger partial charge in [0.2, 0.25) is 0 Å². The molecule has 0 saturated carbocycles. The van der Waals surface area contributed by atoms with Gasteiger partial charge in [-0.25, -0.2) is 4.39 Å². The lowest BCUT2D eigenvalue weighted by Crippen LogP contribution is -2.51. The summed E-state index contributed by atoms with van der Waals surface area (Å²) in [6, 6.07) is 16.7. The number of nitrogens with one attached hydrogen (secondary N) is 1. The number of anilines is 1. The molecule has 4 aliphatic rings. The molecule has 1 aromatic heterocycles. The van der Waals surface area contributed by atoms with E-state index in [-0.39, 0.29) is 11.3 Å². The number of phenols is 1. The number of alkyl halides is 1. The van der Waals surface area contributed by atoms with Crippen molar-refractivity contribution in [3.8, 4) is 35.2 Å². The van der Waals surface area contributed by atoms with Crippen molar-refractivity contribution in [2.45, 2.75) is 55.9 Å². The molecule has 8 heteroatoms. The first-order valence-corrected chi connectivity index (χ1v) is 15.1. The average Bonchev–Trinajstić information content (AvgIpc) is 3.64. The van der Waals surface area contributed by atoms with Crippen molar-refractivity contribution < 1.29 is 14.2 Å². The molecule has 214 valence electrons. The van der Waals surface area contributed by atoms with Crippen LogP contribution in [0.3, 0.4) is 0 Å². The van der Waals surface area contributed by atoms with Crippen LogP contribution in [0.4, 0.5) is 10.2 Å². The van der Waals surface area contributed by atoms with Gasteiger partial charge in [-0.3, -0.25) is 4.90 Å². The Labute approximate surface area is 244 Å². The quantitative estimate of drug-likeness (QED) is 0.330. The molecular formula is C34H34FN5O2. The van der Waals surface area contributed by atoms with E-state index in [2.05, 4.69) is 33.2 Å². The van der Waals surface area contributed by atoms with Crippen LogP contribution in [0.5, 0.6) is 11.8 Å². The van der Waals surface area contributed by atoms with Crippen LogP contribution >= 0.6 is 0 Å². The highest BCUT2D eigenvalue weighted by atomic mass is 19.1. The van der Waals surface area contributed by atoms with E-state index in [0.29, 0.717) is 37.7 Å². The SMILES string of the molecule is C#Cc1cccc2cc(O)cc(-c3ccc4c(N5CC6CCC(C5)N6)nc(OC[C@@]56CCCN5C[C@H](F)C6)nc4c3)c12. The number of aromatic nitrogens is 2. The molecule has 4 fully saturated rings. The number of hydrogen-bond acceptors (Lipinski definition) is 7. The van der Waals surface area contributed by atoms with Gasteiger partial charge in [0.15, 0.2) is 0 Å². The van der Waals surface area contributed by atoms with E-state index in [1.54, 1.807) is 12.1 Å². The van der Waals surface area contributed by atoms with Crippen LogP contribution in [-0.4, -0.2) is 76.6 Å². The summed E-state index contributed by atoms with van der Waals surface area (Å²) in [4.78, 5) is 14.5. The lowest BCUT2D eigenvalue weighted by atomic mass is 9.94. The Kier molecular flexibility index (Phi) is 6.02. The van der Waals surface area contributed by atoms with Gasteiger partial charge in [0.25, 0.3) is 0 Å². The monoisotopic (exact) mass is 563 g/mol. The predicted molar refractivity (Wildman–Crippen MR) is 163 cm³/mol. The summed E-state index contributed by atoms with van der Waals surface area (Å²) in [5.74, 6) is 3.86. The van der Waals surface area contributed by atoms with Crippen molar-refractivity contribution >= 4 is 27.5 Å². The number of rotatable bonds is 5. The molecule has 2 N–H and O–H groups in total. The fourth-order valence-electron chi connectivity index (χ4n) is 7.94. The fourth-order valence-corrected chi connectivity index (χ4v) is 7.94. The summed E-state index contributed by atoms with van der Waals surface area (Å²) in [7, 11) is 0. The summed E-state index contributed by atoms with van der Waals surface area (Å²) in [6.07, 6.45) is 9.90.